The molecule has 4 aromatic rings. The van der Waals surface area contributed by atoms with Crippen molar-refractivity contribution >= 4 is 11.2 Å². The number of halogens is 6. The van der Waals surface area contributed by atoms with Crippen molar-refractivity contribution in [1.82, 2.24) is 29.3 Å². The van der Waals surface area contributed by atoms with Gasteiger partial charge in [0.15, 0.2) is 11.2 Å². The van der Waals surface area contributed by atoms with Gasteiger partial charge in [-0.05, 0) is 24.1 Å². The van der Waals surface area contributed by atoms with Gasteiger partial charge < -0.3 is 4.98 Å². The fourth-order valence-electron chi connectivity index (χ4n) is 3.38. The molecule has 1 N–H and O–H groups in total. The number of H-pyrrole nitrogens is 1. The maximum absolute atomic E-state index is 13.4. The van der Waals surface area contributed by atoms with E-state index in [-0.39, 0.29) is 30.1 Å². The summed E-state index contributed by atoms with van der Waals surface area (Å²) < 4.78 is 80.8. The van der Waals surface area contributed by atoms with E-state index in [2.05, 4.69) is 20.1 Å². The molecule has 4 rings (SSSR count). The summed E-state index contributed by atoms with van der Waals surface area (Å²) in [6.45, 7) is 1.48. The van der Waals surface area contributed by atoms with Crippen LogP contribution in [-0.2, 0) is 25.4 Å². The molecular formula is C20H16F6N6O. The molecule has 0 bridgehead atoms. The minimum Gasteiger partial charge on any atom is -0.332 e. The third kappa shape index (κ3) is 4.47. The summed E-state index contributed by atoms with van der Waals surface area (Å²) in [7, 11) is 0. The quantitative estimate of drug-likeness (QED) is 0.436. The van der Waals surface area contributed by atoms with E-state index in [4.69, 9.17) is 0 Å². The molecular weight excluding hydrogens is 454 g/mol. The highest BCUT2D eigenvalue weighted by atomic mass is 19.4. The van der Waals surface area contributed by atoms with Crippen molar-refractivity contribution < 1.29 is 26.3 Å². The standard InChI is InChI=1S/C20H16F6N6O/c1-2-6-32-17(33)14-16(30-18(32)20(24,25)26)29-15(28-14)12-8-27-31(10-12)9-11-4-3-5-13(7-11)19(21,22)23/h3-5,7-8,10H,2,6,9H2,1H3,(H,28,29). The van der Waals surface area contributed by atoms with Gasteiger partial charge in [0, 0.05) is 12.7 Å². The fraction of sp³-hybridized carbons (Fsp3) is 0.300. The number of alkyl halides is 6. The summed E-state index contributed by atoms with van der Waals surface area (Å²) in [5, 5.41) is 4.07. The van der Waals surface area contributed by atoms with E-state index in [1.165, 1.54) is 29.2 Å². The molecule has 0 radical (unpaired) electrons. The second kappa shape index (κ2) is 8.05. The second-order valence-electron chi connectivity index (χ2n) is 7.30. The normalized spacial score (nSPS) is 12.6. The highest BCUT2D eigenvalue weighted by Crippen LogP contribution is 2.30. The molecule has 0 aliphatic carbocycles. The molecule has 0 saturated carbocycles. The van der Waals surface area contributed by atoms with Crippen LogP contribution in [0.3, 0.4) is 0 Å². The van der Waals surface area contributed by atoms with Gasteiger partial charge in [-0.3, -0.25) is 14.0 Å². The molecule has 3 heterocycles. The van der Waals surface area contributed by atoms with Gasteiger partial charge in [-0.25, -0.2) is 9.97 Å². The lowest BCUT2D eigenvalue weighted by Crippen LogP contribution is -2.30. The zero-order valence-electron chi connectivity index (χ0n) is 17.0. The van der Waals surface area contributed by atoms with Crippen LogP contribution in [0, 0.1) is 0 Å². The SMILES string of the molecule is CCCn1c(C(F)(F)F)nc2nc(-c3cnn(Cc4cccc(C(F)(F)F)c4)c3)[nH]c2c1=O. The molecule has 3 aromatic heterocycles. The van der Waals surface area contributed by atoms with Crippen LogP contribution in [0.25, 0.3) is 22.6 Å². The second-order valence-corrected chi connectivity index (χ2v) is 7.30. The summed E-state index contributed by atoms with van der Waals surface area (Å²) in [5.41, 5.74) is -1.58. The topological polar surface area (TPSA) is 81.4 Å². The van der Waals surface area contributed by atoms with Crippen molar-refractivity contribution in [2.24, 2.45) is 0 Å². The van der Waals surface area contributed by atoms with E-state index >= 15 is 0 Å². The number of hydrogen-bond acceptors (Lipinski definition) is 4. The number of nitrogens with one attached hydrogen (secondary N) is 1. The van der Waals surface area contributed by atoms with Gasteiger partial charge in [0.1, 0.15) is 5.82 Å². The van der Waals surface area contributed by atoms with Gasteiger partial charge in [-0.2, -0.15) is 31.4 Å². The van der Waals surface area contributed by atoms with Crippen molar-refractivity contribution in [3.05, 3.63) is 64.0 Å². The summed E-state index contributed by atoms with van der Waals surface area (Å²) in [5.74, 6) is -1.27. The Morgan fingerprint density at radius 1 is 1.06 bits per heavy atom. The number of rotatable bonds is 5. The summed E-state index contributed by atoms with van der Waals surface area (Å²) in [4.78, 5) is 22.9. The highest BCUT2D eigenvalue weighted by Gasteiger charge is 2.37. The van der Waals surface area contributed by atoms with Gasteiger partial charge in [-0.15, -0.1) is 0 Å². The monoisotopic (exact) mass is 470 g/mol. The molecule has 0 aliphatic heterocycles. The molecule has 0 aliphatic rings. The Bertz CT molecular complexity index is 1360. The molecule has 0 fully saturated rings. The first-order valence-electron chi connectivity index (χ1n) is 9.74. The van der Waals surface area contributed by atoms with Crippen molar-refractivity contribution in [2.45, 2.75) is 38.8 Å². The number of benzene rings is 1. The Morgan fingerprint density at radius 3 is 2.48 bits per heavy atom. The van der Waals surface area contributed by atoms with E-state index in [0.29, 0.717) is 22.1 Å². The number of hydrogen-bond donors (Lipinski definition) is 1. The number of nitrogens with zero attached hydrogens (tertiary/aromatic N) is 5. The van der Waals surface area contributed by atoms with Crippen LogP contribution in [-0.4, -0.2) is 29.3 Å². The molecule has 174 valence electrons. The Hall–Kier alpha value is -3.64. The summed E-state index contributed by atoms with van der Waals surface area (Å²) >= 11 is 0. The molecule has 33 heavy (non-hydrogen) atoms. The van der Waals surface area contributed by atoms with E-state index < -0.39 is 29.3 Å². The average Bonchev–Trinajstić information content (AvgIpc) is 3.36. The molecule has 1 aromatic carbocycles. The fourth-order valence-corrected chi connectivity index (χ4v) is 3.38. The predicted molar refractivity (Wildman–Crippen MR) is 105 cm³/mol. The van der Waals surface area contributed by atoms with E-state index in [0.717, 1.165) is 12.1 Å². The van der Waals surface area contributed by atoms with Crippen LogP contribution in [0.4, 0.5) is 26.3 Å². The number of imidazole rings is 1. The van der Waals surface area contributed by atoms with Crippen LogP contribution in [0.1, 0.15) is 30.3 Å². The van der Waals surface area contributed by atoms with Gasteiger partial charge in [0.2, 0.25) is 5.82 Å². The zero-order valence-corrected chi connectivity index (χ0v) is 17.0. The average molecular weight is 470 g/mol. The Balaban J connectivity index is 1.69. The number of aromatic nitrogens is 6. The zero-order chi connectivity index (χ0) is 24.0. The first kappa shape index (κ1) is 22.6. The minimum atomic E-state index is -4.84. The summed E-state index contributed by atoms with van der Waals surface area (Å²) in [6.07, 6.45) is -6.24. The third-order valence-electron chi connectivity index (χ3n) is 4.82. The number of aromatic amines is 1. The molecule has 0 saturated heterocycles. The predicted octanol–water partition coefficient (Wildman–Crippen LogP) is 4.48. The molecule has 0 unspecified atom stereocenters. The maximum Gasteiger partial charge on any atom is 0.449 e. The Kier molecular flexibility index (Phi) is 5.50. The van der Waals surface area contributed by atoms with E-state index in [1.54, 1.807) is 6.92 Å². The first-order valence-corrected chi connectivity index (χ1v) is 9.74. The van der Waals surface area contributed by atoms with Crippen molar-refractivity contribution in [3.63, 3.8) is 0 Å². The van der Waals surface area contributed by atoms with Crippen LogP contribution < -0.4 is 5.56 Å². The number of fused-ring (bicyclic) bond motifs is 1. The Morgan fingerprint density at radius 2 is 1.82 bits per heavy atom. The van der Waals surface area contributed by atoms with E-state index in [9.17, 15) is 31.1 Å². The Labute approximate surface area is 181 Å². The van der Waals surface area contributed by atoms with Crippen LogP contribution in [0.2, 0.25) is 0 Å². The lowest BCUT2D eigenvalue weighted by atomic mass is 10.1. The smallest absolute Gasteiger partial charge is 0.332 e. The van der Waals surface area contributed by atoms with Crippen LogP contribution in [0.15, 0.2) is 41.5 Å². The molecule has 0 amide bonds. The lowest BCUT2D eigenvalue weighted by Gasteiger charge is -2.12. The maximum atomic E-state index is 13.4. The van der Waals surface area contributed by atoms with Gasteiger partial charge in [0.05, 0.1) is 23.9 Å². The highest BCUT2D eigenvalue weighted by molar-refractivity contribution is 5.74. The van der Waals surface area contributed by atoms with E-state index in [1.807, 2.05) is 0 Å². The van der Waals surface area contributed by atoms with Crippen LogP contribution >= 0.6 is 0 Å². The first-order chi connectivity index (χ1) is 15.5. The summed E-state index contributed by atoms with van der Waals surface area (Å²) in [6, 6.07) is 4.75. The van der Waals surface area contributed by atoms with Crippen molar-refractivity contribution in [2.75, 3.05) is 0 Å². The van der Waals surface area contributed by atoms with Crippen molar-refractivity contribution in [1.29, 1.82) is 0 Å². The van der Waals surface area contributed by atoms with Gasteiger partial charge in [0.25, 0.3) is 5.56 Å². The molecule has 0 spiro atoms. The molecule has 13 heteroatoms. The van der Waals surface area contributed by atoms with Crippen molar-refractivity contribution in [3.8, 4) is 11.4 Å². The molecule has 7 nitrogen and oxygen atoms in total. The minimum absolute atomic E-state index is 0.0178. The largest absolute Gasteiger partial charge is 0.449 e. The van der Waals surface area contributed by atoms with Crippen LogP contribution in [0.5, 0.6) is 0 Å². The third-order valence-corrected chi connectivity index (χ3v) is 4.82. The van der Waals surface area contributed by atoms with Gasteiger partial charge in [-0.1, -0.05) is 19.1 Å². The lowest BCUT2D eigenvalue weighted by molar-refractivity contribution is -0.148. The van der Waals surface area contributed by atoms with Gasteiger partial charge >= 0.3 is 12.4 Å². The molecule has 0 atom stereocenters.